The maximum Gasteiger partial charge on any atom is 0.319 e. The summed E-state index contributed by atoms with van der Waals surface area (Å²) < 4.78 is 0. The molecule has 0 bridgehead atoms. The van der Waals surface area contributed by atoms with E-state index in [4.69, 9.17) is 0 Å². The highest BCUT2D eigenvalue weighted by Crippen LogP contribution is 2.22. The Labute approximate surface area is 122 Å². The van der Waals surface area contributed by atoms with Gasteiger partial charge in [0.2, 0.25) is 0 Å². The molecule has 21 heavy (non-hydrogen) atoms. The lowest BCUT2D eigenvalue weighted by Crippen LogP contribution is -2.28. The summed E-state index contributed by atoms with van der Waals surface area (Å²) in [5.41, 5.74) is 1.62. The molecule has 0 saturated heterocycles. The maximum absolute atomic E-state index is 12.0. The summed E-state index contributed by atoms with van der Waals surface area (Å²) in [6.07, 6.45) is 1.71. The molecule has 0 aliphatic rings. The molecule has 4 nitrogen and oxygen atoms in total. The minimum absolute atomic E-state index is 0.239. The van der Waals surface area contributed by atoms with E-state index in [0.717, 1.165) is 22.2 Å². The molecule has 4 heteroatoms. The number of nitrogens with one attached hydrogen (secondary N) is 2. The van der Waals surface area contributed by atoms with E-state index in [1.54, 1.807) is 6.20 Å². The molecule has 1 heterocycles. The van der Waals surface area contributed by atoms with Crippen LogP contribution in [0, 0.1) is 0 Å². The minimum atomic E-state index is -0.239. The summed E-state index contributed by atoms with van der Waals surface area (Å²) >= 11 is 0. The van der Waals surface area contributed by atoms with Crippen molar-refractivity contribution < 1.29 is 4.79 Å². The SMILES string of the molecule is O=C(NCc1ccccn1)Nc1cccc2ccccc12. The Hall–Kier alpha value is -2.88. The molecule has 0 aliphatic carbocycles. The summed E-state index contributed by atoms with van der Waals surface area (Å²) in [6, 6.07) is 19.2. The average Bonchev–Trinajstić information content (AvgIpc) is 2.54. The van der Waals surface area contributed by atoms with Crippen molar-refractivity contribution >= 4 is 22.5 Å². The molecule has 0 aliphatic heterocycles. The zero-order valence-corrected chi connectivity index (χ0v) is 11.4. The highest BCUT2D eigenvalue weighted by Gasteiger charge is 2.05. The molecule has 0 spiro atoms. The molecule has 1 aromatic heterocycles. The second-order valence-corrected chi connectivity index (χ2v) is 4.66. The first-order valence-electron chi connectivity index (χ1n) is 6.75. The van der Waals surface area contributed by atoms with Crippen LogP contribution in [0.1, 0.15) is 5.69 Å². The third-order valence-corrected chi connectivity index (χ3v) is 3.19. The highest BCUT2D eigenvalue weighted by atomic mass is 16.2. The van der Waals surface area contributed by atoms with Gasteiger partial charge in [0, 0.05) is 11.6 Å². The van der Waals surface area contributed by atoms with Gasteiger partial charge in [-0.3, -0.25) is 4.98 Å². The topological polar surface area (TPSA) is 54.0 Å². The molecule has 0 radical (unpaired) electrons. The van der Waals surface area contributed by atoms with Crippen LogP contribution in [0.5, 0.6) is 0 Å². The van der Waals surface area contributed by atoms with E-state index in [0.29, 0.717) is 6.54 Å². The van der Waals surface area contributed by atoms with E-state index in [2.05, 4.69) is 15.6 Å². The fraction of sp³-hybridized carbons (Fsp3) is 0.0588. The molecule has 2 aromatic carbocycles. The van der Waals surface area contributed by atoms with Crippen LogP contribution in [0.3, 0.4) is 0 Å². The molecule has 0 unspecified atom stereocenters. The molecular formula is C17H15N3O. The van der Waals surface area contributed by atoms with Crippen LogP contribution in [0.2, 0.25) is 0 Å². The van der Waals surface area contributed by atoms with Gasteiger partial charge in [0.1, 0.15) is 0 Å². The van der Waals surface area contributed by atoms with E-state index in [1.165, 1.54) is 0 Å². The monoisotopic (exact) mass is 277 g/mol. The van der Waals surface area contributed by atoms with Crippen molar-refractivity contribution in [3.05, 3.63) is 72.6 Å². The van der Waals surface area contributed by atoms with Gasteiger partial charge in [0.15, 0.2) is 0 Å². The largest absolute Gasteiger partial charge is 0.332 e. The molecule has 3 aromatic rings. The molecule has 0 saturated carbocycles. The normalized spacial score (nSPS) is 10.3. The van der Waals surface area contributed by atoms with Gasteiger partial charge in [0.25, 0.3) is 0 Å². The number of amides is 2. The Morgan fingerprint density at radius 1 is 0.952 bits per heavy atom. The Morgan fingerprint density at radius 3 is 2.62 bits per heavy atom. The van der Waals surface area contributed by atoms with E-state index in [9.17, 15) is 4.79 Å². The predicted molar refractivity (Wildman–Crippen MR) is 84.0 cm³/mol. The standard InChI is InChI=1S/C17H15N3O/c21-17(19-12-14-8-3-4-11-18-14)20-16-10-5-7-13-6-1-2-9-15(13)16/h1-11H,12H2,(H2,19,20,21). The molecule has 3 rings (SSSR count). The van der Waals surface area contributed by atoms with Gasteiger partial charge in [0.05, 0.1) is 17.9 Å². The van der Waals surface area contributed by atoms with Crippen LogP contribution in [0.25, 0.3) is 10.8 Å². The van der Waals surface area contributed by atoms with Gasteiger partial charge in [-0.1, -0.05) is 42.5 Å². The van der Waals surface area contributed by atoms with Crippen LogP contribution < -0.4 is 10.6 Å². The first kappa shape index (κ1) is 13.1. The van der Waals surface area contributed by atoms with Gasteiger partial charge < -0.3 is 10.6 Å². The van der Waals surface area contributed by atoms with Crippen LogP contribution >= 0.6 is 0 Å². The smallest absolute Gasteiger partial charge is 0.319 e. The molecule has 2 amide bonds. The zero-order chi connectivity index (χ0) is 14.5. The first-order valence-corrected chi connectivity index (χ1v) is 6.75. The number of fused-ring (bicyclic) bond motifs is 1. The third kappa shape index (κ3) is 3.17. The summed E-state index contributed by atoms with van der Waals surface area (Å²) in [7, 11) is 0. The third-order valence-electron chi connectivity index (χ3n) is 3.19. The Morgan fingerprint density at radius 2 is 1.76 bits per heavy atom. The number of anilines is 1. The quantitative estimate of drug-likeness (QED) is 0.769. The number of pyridine rings is 1. The summed E-state index contributed by atoms with van der Waals surface area (Å²) in [6.45, 7) is 0.400. The minimum Gasteiger partial charge on any atom is -0.332 e. The molecule has 104 valence electrons. The van der Waals surface area contributed by atoms with E-state index < -0.39 is 0 Å². The van der Waals surface area contributed by atoms with Gasteiger partial charge in [-0.05, 0) is 23.6 Å². The summed E-state index contributed by atoms with van der Waals surface area (Å²) in [4.78, 5) is 16.1. The highest BCUT2D eigenvalue weighted by molar-refractivity contribution is 6.01. The van der Waals surface area contributed by atoms with Crippen molar-refractivity contribution in [2.24, 2.45) is 0 Å². The van der Waals surface area contributed by atoms with Gasteiger partial charge in [-0.2, -0.15) is 0 Å². The first-order chi connectivity index (χ1) is 10.3. The summed E-state index contributed by atoms with van der Waals surface area (Å²) in [5, 5.41) is 7.80. The predicted octanol–water partition coefficient (Wildman–Crippen LogP) is 3.56. The van der Waals surface area contributed by atoms with Crippen LogP contribution in [-0.2, 0) is 6.54 Å². The Bertz CT molecular complexity index is 751. The Kier molecular flexibility index (Phi) is 3.78. The van der Waals surface area contributed by atoms with Gasteiger partial charge >= 0.3 is 6.03 Å². The zero-order valence-electron chi connectivity index (χ0n) is 11.4. The number of hydrogen-bond acceptors (Lipinski definition) is 2. The number of carbonyl (C=O) groups is 1. The van der Waals surface area contributed by atoms with E-state index in [-0.39, 0.29) is 6.03 Å². The molecule has 2 N–H and O–H groups in total. The molecule has 0 fully saturated rings. The van der Waals surface area contributed by atoms with Crippen molar-refractivity contribution in [2.45, 2.75) is 6.54 Å². The number of urea groups is 1. The molecule has 0 atom stereocenters. The van der Waals surface area contributed by atoms with Gasteiger partial charge in [-0.15, -0.1) is 0 Å². The second kappa shape index (κ2) is 6.05. The molecular weight excluding hydrogens is 262 g/mol. The van der Waals surface area contributed by atoms with E-state index in [1.807, 2.05) is 60.7 Å². The van der Waals surface area contributed by atoms with Crippen LogP contribution in [0.4, 0.5) is 10.5 Å². The Balaban J connectivity index is 1.69. The van der Waals surface area contributed by atoms with Crippen molar-refractivity contribution in [1.29, 1.82) is 0 Å². The van der Waals surface area contributed by atoms with Crippen molar-refractivity contribution in [1.82, 2.24) is 10.3 Å². The maximum atomic E-state index is 12.0. The number of nitrogens with zero attached hydrogens (tertiary/aromatic N) is 1. The number of aromatic nitrogens is 1. The number of hydrogen-bond donors (Lipinski definition) is 2. The van der Waals surface area contributed by atoms with Gasteiger partial charge in [-0.25, -0.2) is 4.79 Å². The lowest BCUT2D eigenvalue weighted by Gasteiger charge is -2.09. The lowest BCUT2D eigenvalue weighted by atomic mass is 10.1. The number of carbonyl (C=O) groups excluding carboxylic acids is 1. The van der Waals surface area contributed by atoms with Crippen molar-refractivity contribution in [3.63, 3.8) is 0 Å². The average molecular weight is 277 g/mol. The van der Waals surface area contributed by atoms with Crippen molar-refractivity contribution in [2.75, 3.05) is 5.32 Å². The number of benzene rings is 2. The fourth-order valence-electron chi connectivity index (χ4n) is 2.17. The van der Waals surface area contributed by atoms with E-state index >= 15 is 0 Å². The second-order valence-electron chi connectivity index (χ2n) is 4.66. The number of rotatable bonds is 3. The van der Waals surface area contributed by atoms with Crippen LogP contribution in [0.15, 0.2) is 66.9 Å². The summed E-state index contributed by atoms with van der Waals surface area (Å²) in [5.74, 6) is 0. The lowest BCUT2D eigenvalue weighted by molar-refractivity contribution is 0.251. The van der Waals surface area contributed by atoms with Crippen molar-refractivity contribution in [3.8, 4) is 0 Å². The van der Waals surface area contributed by atoms with Crippen LogP contribution in [-0.4, -0.2) is 11.0 Å². The fourth-order valence-corrected chi connectivity index (χ4v) is 2.17.